The summed E-state index contributed by atoms with van der Waals surface area (Å²) in [5.41, 5.74) is 3.23. The van der Waals surface area contributed by atoms with Gasteiger partial charge in [0.2, 0.25) is 0 Å². The van der Waals surface area contributed by atoms with Gasteiger partial charge in [-0.2, -0.15) is 0 Å². The van der Waals surface area contributed by atoms with Crippen molar-refractivity contribution >= 4 is 27.0 Å². The lowest BCUT2D eigenvalue weighted by molar-refractivity contribution is 0.174. The Bertz CT molecular complexity index is 1710. The highest BCUT2D eigenvalue weighted by atomic mass is 32.2. The van der Waals surface area contributed by atoms with Crippen molar-refractivity contribution < 1.29 is 22.3 Å². The highest BCUT2D eigenvalue weighted by molar-refractivity contribution is 7.92. The zero-order valence-electron chi connectivity index (χ0n) is 21.7. The number of sulfonamides is 1. The van der Waals surface area contributed by atoms with Gasteiger partial charge in [0.25, 0.3) is 10.0 Å². The molecule has 2 aromatic heterocycles. The van der Waals surface area contributed by atoms with Crippen molar-refractivity contribution in [1.29, 1.82) is 0 Å². The predicted octanol–water partition coefficient (Wildman–Crippen LogP) is 5.82. The van der Waals surface area contributed by atoms with Crippen molar-refractivity contribution in [1.82, 2.24) is 15.3 Å². The molecule has 0 unspecified atom stereocenters. The van der Waals surface area contributed by atoms with Crippen LogP contribution in [0.4, 0.5) is 14.5 Å². The van der Waals surface area contributed by atoms with E-state index in [0.717, 1.165) is 17.2 Å². The third-order valence-corrected chi connectivity index (χ3v) is 8.64. The number of rotatable bonds is 11. The Balaban J connectivity index is 1.16. The van der Waals surface area contributed by atoms with Crippen LogP contribution in [0.5, 0.6) is 0 Å². The van der Waals surface area contributed by atoms with Crippen molar-refractivity contribution in [3.8, 4) is 21.8 Å². The molecule has 0 bridgehead atoms. The number of hydrogen-bond acceptors (Lipinski definition) is 7. The number of thiazole rings is 1. The third-order valence-electron chi connectivity index (χ3n) is 6.35. The number of anilines is 1. The van der Waals surface area contributed by atoms with Crippen LogP contribution in [0.15, 0.2) is 102 Å². The topological polar surface area (TPSA) is 104 Å². The summed E-state index contributed by atoms with van der Waals surface area (Å²) in [5.74, 6) is -1.91. The Labute approximate surface area is 240 Å². The minimum Gasteiger partial charge on any atom is -0.387 e. The lowest BCUT2D eigenvalue weighted by atomic mass is 10.1. The summed E-state index contributed by atoms with van der Waals surface area (Å²) < 4.78 is 56.2. The van der Waals surface area contributed by atoms with Gasteiger partial charge in [-0.3, -0.25) is 9.71 Å². The maximum Gasteiger partial charge on any atom is 0.261 e. The molecule has 0 saturated carbocycles. The van der Waals surface area contributed by atoms with E-state index in [1.54, 1.807) is 48.1 Å². The standard InChI is InChI=1S/C30H26F2N4O3S2/c31-26-5-1-4-25(29(26)32)27-19-40-30(35-27)21-8-12-24(13-9-21)41(38,39)36-23-10-6-20(7-11-23)14-16-34-18-28(37)22-3-2-15-33-17-22/h1-13,15,17,19,28,34,36-37H,14,16,18H2/t28-/m0/s1. The second-order valence-corrected chi connectivity index (χ2v) is 11.8. The number of nitrogens with one attached hydrogen (secondary N) is 2. The summed E-state index contributed by atoms with van der Waals surface area (Å²) in [4.78, 5) is 8.48. The fraction of sp³-hybridized carbons (Fsp3) is 0.133. The van der Waals surface area contributed by atoms with Crippen LogP contribution < -0.4 is 10.0 Å². The van der Waals surface area contributed by atoms with E-state index in [-0.39, 0.29) is 10.5 Å². The van der Waals surface area contributed by atoms with Crippen LogP contribution in [0, 0.1) is 11.6 Å². The number of aliphatic hydroxyl groups excluding tert-OH is 1. The zero-order chi connectivity index (χ0) is 28.8. The van der Waals surface area contributed by atoms with Gasteiger partial charge in [0.05, 0.1) is 16.7 Å². The van der Waals surface area contributed by atoms with Crippen molar-refractivity contribution in [2.75, 3.05) is 17.8 Å². The molecule has 3 aromatic carbocycles. The molecular weight excluding hydrogens is 566 g/mol. The molecule has 0 aliphatic heterocycles. The molecule has 2 heterocycles. The number of aliphatic hydroxyl groups is 1. The normalized spacial score (nSPS) is 12.3. The molecule has 3 N–H and O–H groups in total. The van der Waals surface area contributed by atoms with Crippen LogP contribution in [0.25, 0.3) is 21.8 Å². The molecule has 5 rings (SSSR count). The van der Waals surface area contributed by atoms with E-state index in [1.807, 2.05) is 18.2 Å². The molecule has 5 aromatic rings. The number of aromatic nitrogens is 2. The Kier molecular flexibility index (Phi) is 8.79. The number of benzene rings is 3. The molecule has 0 aliphatic carbocycles. The number of nitrogens with zero attached hydrogens (tertiary/aromatic N) is 2. The van der Waals surface area contributed by atoms with Crippen molar-refractivity contribution in [3.63, 3.8) is 0 Å². The van der Waals surface area contributed by atoms with Crippen LogP contribution in [-0.2, 0) is 16.4 Å². The van der Waals surface area contributed by atoms with E-state index >= 15 is 0 Å². The van der Waals surface area contributed by atoms with Crippen LogP contribution in [-0.4, -0.2) is 36.6 Å². The zero-order valence-corrected chi connectivity index (χ0v) is 23.3. The highest BCUT2D eigenvalue weighted by Crippen LogP contribution is 2.31. The average molecular weight is 593 g/mol. The quantitative estimate of drug-likeness (QED) is 0.167. The minimum atomic E-state index is -3.83. The van der Waals surface area contributed by atoms with Crippen LogP contribution in [0.2, 0.25) is 0 Å². The first kappa shape index (κ1) is 28.5. The molecule has 0 radical (unpaired) electrons. The largest absolute Gasteiger partial charge is 0.387 e. The van der Waals surface area contributed by atoms with Crippen LogP contribution >= 0.6 is 11.3 Å². The van der Waals surface area contributed by atoms with Gasteiger partial charge in [-0.05, 0) is 61.0 Å². The predicted molar refractivity (Wildman–Crippen MR) is 156 cm³/mol. The van der Waals surface area contributed by atoms with Gasteiger partial charge in [0.15, 0.2) is 11.6 Å². The fourth-order valence-corrected chi connectivity index (χ4v) is 6.01. The maximum atomic E-state index is 14.1. The van der Waals surface area contributed by atoms with Gasteiger partial charge in [-0.15, -0.1) is 11.3 Å². The van der Waals surface area contributed by atoms with E-state index in [2.05, 4.69) is 20.0 Å². The van der Waals surface area contributed by atoms with E-state index in [9.17, 15) is 22.3 Å². The lowest BCUT2D eigenvalue weighted by Gasteiger charge is -2.12. The summed E-state index contributed by atoms with van der Waals surface area (Å²) in [6.07, 6.45) is 3.36. The van der Waals surface area contributed by atoms with Crippen molar-refractivity contribution in [2.45, 2.75) is 17.4 Å². The highest BCUT2D eigenvalue weighted by Gasteiger charge is 2.17. The van der Waals surface area contributed by atoms with Crippen molar-refractivity contribution in [3.05, 3.63) is 119 Å². The average Bonchev–Trinajstić information content (AvgIpc) is 3.48. The SMILES string of the molecule is O=S(=O)(Nc1ccc(CCNC[C@H](O)c2cccnc2)cc1)c1ccc(-c2nc(-c3cccc(F)c3F)cs2)cc1. The second-order valence-electron chi connectivity index (χ2n) is 9.22. The molecule has 0 amide bonds. The number of pyridine rings is 1. The molecular formula is C30H26F2N4O3S2. The molecule has 0 aliphatic rings. The van der Waals surface area contributed by atoms with E-state index in [4.69, 9.17) is 0 Å². The molecule has 11 heteroatoms. The van der Waals surface area contributed by atoms with Crippen LogP contribution in [0.3, 0.4) is 0 Å². The summed E-state index contributed by atoms with van der Waals surface area (Å²) >= 11 is 1.25. The van der Waals surface area contributed by atoms with Crippen molar-refractivity contribution in [2.24, 2.45) is 0 Å². The van der Waals surface area contributed by atoms with Gasteiger partial charge in [-0.1, -0.05) is 36.4 Å². The van der Waals surface area contributed by atoms with E-state index in [1.165, 1.54) is 35.6 Å². The maximum absolute atomic E-state index is 14.1. The Morgan fingerprint density at radius 2 is 1.73 bits per heavy atom. The molecule has 0 fully saturated rings. The lowest BCUT2D eigenvalue weighted by Crippen LogP contribution is -2.23. The van der Waals surface area contributed by atoms with Gasteiger partial charge in [-0.25, -0.2) is 22.2 Å². The van der Waals surface area contributed by atoms with Gasteiger partial charge in [0.1, 0.15) is 5.01 Å². The summed E-state index contributed by atoms with van der Waals surface area (Å²) in [7, 11) is -3.83. The van der Waals surface area contributed by atoms with Gasteiger partial charge >= 0.3 is 0 Å². The number of hydrogen-bond donors (Lipinski definition) is 3. The minimum absolute atomic E-state index is 0.0674. The molecule has 7 nitrogen and oxygen atoms in total. The van der Waals surface area contributed by atoms with E-state index in [0.29, 0.717) is 41.5 Å². The molecule has 1 atom stereocenters. The summed E-state index contributed by atoms with van der Waals surface area (Å²) in [6.45, 7) is 1.05. The smallest absolute Gasteiger partial charge is 0.261 e. The molecule has 41 heavy (non-hydrogen) atoms. The number of halogens is 2. The Morgan fingerprint density at radius 1 is 0.951 bits per heavy atom. The first-order valence-corrected chi connectivity index (χ1v) is 15.1. The third kappa shape index (κ3) is 7.01. The van der Waals surface area contributed by atoms with Gasteiger partial charge < -0.3 is 10.4 Å². The van der Waals surface area contributed by atoms with Crippen LogP contribution in [0.1, 0.15) is 17.2 Å². The monoisotopic (exact) mass is 592 g/mol. The molecule has 0 spiro atoms. The summed E-state index contributed by atoms with van der Waals surface area (Å²) in [6, 6.07) is 20.8. The summed E-state index contributed by atoms with van der Waals surface area (Å²) in [5, 5.41) is 15.6. The molecule has 210 valence electrons. The van der Waals surface area contributed by atoms with Gasteiger partial charge in [0, 0.05) is 46.7 Å². The Hall–Kier alpha value is -4.03. The second kappa shape index (κ2) is 12.6. The first-order chi connectivity index (χ1) is 19.8. The molecule has 0 saturated heterocycles. The fourth-order valence-electron chi connectivity index (χ4n) is 4.12. The Morgan fingerprint density at radius 3 is 2.46 bits per heavy atom. The first-order valence-electron chi connectivity index (χ1n) is 12.7. The van der Waals surface area contributed by atoms with E-state index < -0.39 is 27.8 Å².